The molecule has 2 unspecified atom stereocenters. The van der Waals surface area contributed by atoms with E-state index in [2.05, 4.69) is 31.3 Å². The van der Waals surface area contributed by atoms with Gasteiger partial charge < -0.3 is 20.3 Å². The first-order chi connectivity index (χ1) is 42.5. The summed E-state index contributed by atoms with van der Waals surface area (Å²) in [5.41, 5.74) is 0. The number of esters is 1. The number of aliphatic hydroxyl groups is 2. The Balaban J connectivity index is 3.36. The van der Waals surface area contributed by atoms with Crippen LogP contribution in [0.3, 0.4) is 0 Å². The molecule has 0 bridgehead atoms. The van der Waals surface area contributed by atoms with E-state index in [4.69, 9.17) is 4.74 Å². The Morgan fingerprint density at radius 1 is 0.314 bits per heavy atom. The Labute approximate surface area is 539 Å². The van der Waals surface area contributed by atoms with Crippen molar-refractivity contribution in [1.29, 1.82) is 0 Å². The molecule has 0 rings (SSSR count). The summed E-state index contributed by atoms with van der Waals surface area (Å²) in [6, 6.07) is -0.627. The van der Waals surface area contributed by atoms with Gasteiger partial charge in [-0.05, 0) is 57.8 Å². The SMILES string of the molecule is CCCCCCCC/C=C\CCCCCCCCCC(=O)OCCCCCCCCCCCCCCCCCCCCCCCCCCCCCCC(=O)NC(CO)C(O)/C=C/CCCCCCCCCCCCCCCCCCCCCCCC. The van der Waals surface area contributed by atoms with Crippen LogP contribution in [0.2, 0.25) is 0 Å². The van der Waals surface area contributed by atoms with Gasteiger partial charge in [0.05, 0.1) is 25.4 Å². The van der Waals surface area contributed by atoms with Crippen LogP contribution in [0, 0.1) is 0 Å². The monoisotopic (exact) mass is 1210 g/mol. The van der Waals surface area contributed by atoms with Gasteiger partial charge in [0.25, 0.3) is 0 Å². The number of carbonyl (C=O) groups is 2. The van der Waals surface area contributed by atoms with Crippen molar-refractivity contribution in [3.63, 3.8) is 0 Å². The van der Waals surface area contributed by atoms with Crippen LogP contribution in [0.4, 0.5) is 0 Å². The lowest BCUT2D eigenvalue weighted by Gasteiger charge is -2.20. The van der Waals surface area contributed by atoms with E-state index < -0.39 is 12.1 Å². The molecule has 0 aromatic rings. The third-order valence-electron chi connectivity index (χ3n) is 18.7. The average molecular weight is 1210 g/mol. The second-order valence-corrected chi connectivity index (χ2v) is 27.4. The van der Waals surface area contributed by atoms with E-state index in [0.29, 0.717) is 19.4 Å². The maximum atomic E-state index is 12.6. The Morgan fingerprint density at radius 2 is 0.547 bits per heavy atom. The predicted molar refractivity (Wildman–Crippen MR) is 380 cm³/mol. The smallest absolute Gasteiger partial charge is 0.305 e. The molecule has 0 aromatic carbocycles. The molecule has 2 atom stereocenters. The lowest BCUT2D eigenvalue weighted by atomic mass is 10.0. The molecule has 0 aliphatic carbocycles. The number of carbonyl (C=O) groups excluding carboxylic acids is 2. The molecule has 0 saturated heterocycles. The lowest BCUT2D eigenvalue weighted by Crippen LogP contribution is -2.45. The number of hydrogen-bond donors (Lipinski definition) is 3. The van der Waals surface area contributed by atoms with Crippen LogP contribution in [0.15, 0.2) is 24.3 Å². The number of amides is 1. The van der Waals surface area contributed by atoms with Gasteiger partial charge in [-0.2, -0.15) is 0 Å². The van der Waals surface area contributed by atoms with Crippen molar-refractivity contribution in [2.75, 3.05) is 13.2 Å². The first-order valence-electron chi connectivity index (χ1n) is 39.6. The summed E-state index contributed by atoms with van der Waals surface area (Å²) in [6.07, 6.45) is 97.2. The van der Waals surface area contributed by atoms with Crippen LogP contribution in [0.1, 0.15) is 450 Å². The lowest BCUT2D eigenvalue weighted by molar-refractivity contribution is -0.143. The minimum absolute atomic E-state index is 0.0163. The number of rotatable bonds is 75. The zero-order valence-corrected chi connectivity index (χ0v) is 58.6. The molecule has 0 saturated carbocycles. The fourth-order valence-electron chi connectivity index (χ4n) is 12.7. The van der Waals surface area contributed by atoms with Crippen LogP contribution < -0.4 is 5.32 Å². The van der Waals surface area contributed by atoms with Crippen LogP contribution in [-0.2, 0) is 14.3 Å². The van der Waals surface area contributed by atoms with E-state index in [0.717, 1.165) is 44.9 Å². The van der Waals surface area contributed by atoms with E-state index in [9.17, 15) is 19.8 Å². The van der Waals surface area contributed by atoms with Gasteiger partial charge in [0.15, 0.2) is 0 Å². The van der Waals surface area contributed by atoms with E-state index in [1.807, 2.05) is 6.08 Å². The fraction of sp³-hybridized carbons (Fsp3) is 0.925. The van der Waals surface area contributed by atoms with Crippen LogP contribution >= 0.6 is 0 Å². The van der Waals surface area contributed by atoms with Gasteiger partial charge in [0.2, 0.25) is 5.91 Å². The quantitative estimate of drug-likeness (QED) is 0.0320. The first kappa shape index (κ1) is 84.3. The van der Waals surface area contributed by atoms with Crippen molar-refractivity contribution >= 4 is 11.9 Å². The van der Waals surface area contributed by atoms with Crippen LogP contribution in [0.5, 0.6) is 0 Å². The highest BCUT2D eigenvalue weighted by molar-refractivity contribution is 5.76. The van der Waals surface area contributed by atoms with Crippen molar-refractivity contribution in [1.82, 2.24) is 5.32 Å². The third kappa shape index (κ3) is 71.4. The molecule has 6 heteroatoms. The molecule has 1 amide bonds. The molecular weight excluding hydrogens is 1050 g/mol. The molecule has 0 aliphatic rings. The summed E-state index contributed by atoms with van der Waals surface area (Å²) >= 11 is 0. The zero-order valence-electron chi connectivity index (χ0n) is 58.6. The van der Waals surface area contributed by atoms with Crippen molar-refractivity contribution in [3.05, 3.63) is 24.3 Å². The van der Waals surface area contributed by atoms with Gasteiger partial charge in [-0.3, -0.25) is 9.59 Å². The van der Waals surface area contributed by atoms with E-state index in [1.54, 1.807) is 6.08 Å². The number of nitrogens with one attached hydrogen (secondary N) is 1. The molecule has 510 valence electrons. The number of ether oxygens (including phenoxy) is 1. The molecule has 86 heavy (non-hydrogen) atoms. The molecule has 0 radical (unpaired) electrons. The van der Waals surface area contributed by atoms with Gasteiger partial charge in [0, 0.05) is 12.8 Å². The molecule has 0 aromatic heterocycles. The van der Waals surface area contributed by atoms with Crippen molar-refractivity contribution in [2.45, 2.75) is 463 Å². The Morgan fingerprint density at radius 3 is 0.826 bits per heavy atom. The minimum Gasteiger partial charge on any atom is -0.466 e. The Kier molecular flexibility index (Phi) is 74.3. The standard InChI is InChI=1S/C80H155NO5/c1-3-5-7-9-11-13-15-17-19-21-22-23-24-31-34-37-41-44-48-52-56-60-64-68-72-78(83)77(76-82)81-79(84)73-69-65-61-57-53-49-45-42-38-35-32-29-27-25-26-28-30-33-36-39-43-47-51-55-59-63-67-71-75-86-80(85)74-70-66-62-58-54-50-46-40-20-18-16-14-12-10-8-6-4-2/h18,20,68,72,77-78,82-83H,3-17,19,21-67,69-71,73-76H2,1-2H3,(H,81,84)/b20-18-,72-68+. The summed E-state index contributed by atoms with van der Waals surface area (Å²) in [5, 5.41) is 23.3. The van der Waals surface area contributed by atoms with Gasteiger partial charge in [-0.15, -0.1) is 0 Å². The van der Waals surface area contributed by atoms with Crippen molar-refractivity contribution in [2.24, 2.45) is 0 Å². The maximum absolute atomic E-state index is 12.6. The highest BCUT2D eigenvalue weighted by atomic mass is 16.5. The van der Waals surface area contributed by atoms with Gasteiger partial charge in [-0.1, -0.05) is 404 Å². The minimum atomic E-state index is -0.844. The number of hydrogen-bond acceptors (Lipinski definition) is 5. The normalized spacial score (nSPS) is 12.6. The largest absolute Gasteiger partial charge is 0.466 e. The summed E-state index contributed by atoms with van der Waals surface area (Å²) < 4.78 is 5.51. The molecule has 0 spiro atoms. The highest BCUT2D eigenvalue weighted by Crippen LogP contribution is 2.20. The maximum Gasteiger partial charge on any atom is 0.305 e. The Hall–Kier alpha value is -1.66. The highest BCUT2D eigenvalue weighted by Gasteiger charge is 2.18. The number of aliphatic hydroxyl groups excluding tert-OH is 2. The molecular formula is C80H155NO5. The van der Waals surface area contributed by atoms with Gasteiger partial charge in [-0.25, -0.2) is 0 Å². The van der Waals surface area contributed by atoms with E-state index in [1.165, 1.54) is 379 Å². The molecule has 0 aliphatic heterocycles. The topological polar surface area (TPSA) is 95.9 Å². The first-order valence-corrected chi connectivity index (χ1v) is 39.6. The molecule has 0 heterocycles. The van der Waals surface area contributed by atoms with Crippen LogP contribution in [-0.4, -0.2) is 47.4 Å². The number of allylic oxidation sites excluding steroid dienone is 3. The summed E-state index contributed by atoms with van der Waals surface area (Å²) in [4.78, 5) is 24.7. The summed E-state index contributed by atoms with van der Waals surface area (Å²) in [7, 11) is 0. The summed E-state index contributed by atoms with van der Waals surface area (Å²) in [5.74, 6) is -0.0433. The van der Waals surface area contributed by atoms with Crippen molar-refractivity contribution < 1.29 is 24.5 Å². The second-order valence-electron chi connectivity index (χ2n) is 27.4. The van der Waals surface area contributed by atoms with Crippen molar-refractivity contribution in [3.8, 4) is 0 Å². The summed E-state index contributed by atoms with van der Waals surface area (Å²) in [6.45, 7) is 4.95. The van der Waals surface area contributed by atoms with Gasteiger partial charge >= 0.3 is 5.97 Å². The molecule has 0 fully saturated rings. The number of unbranched alkanes of at least 4 members (excludes halogenated alkanes) is 62. The second kappa shape index (κ2) is 75.8. The molecule has 6 nitrogen and oxygen atoms in total. The molecule has 3 N–H and O–H groups in total. The van der Waals surface area contributed by atoms with E-state index in [-0.39, 0.29) is 18.5 Å². The Bertz CT molecular complexity index is 1350. The zero-order chi connectivity index (χ0) is 62.0. The van der Waals surface area contributed by atoms with Gasteiger partial charge in [0.1, 0.15) is 0 Å². The average Bonchev–Trinajstić information content (AvgIpc) is 3.53. The van der Waals surface area contributed by atoms with E-state index >= 15 is 0 Å². The van der Waals surface area contributed by atoms with Crippen LogP contribution in [0.25, 0.3) is 0 Å². The fourth-order valence-corrected chi connectivity index (χ4v) is 12.7. The third-order valence-corrected chi connectivity index (χ3v) is 18.7. The predicted octanol–water partition coefficient (Wildman–Crippen LogP) is 26.0.